The number of aryl methyl sites for hydroxylation is 1. The SMILES string of the molecule is CCOc1ccc(-c2noc(C3CC(=O)N(c4ccc(F)cc4C)C3)n2)cc1OC. The lowest BCUT2D eigenvalue weighted by molar-refractivity contribution is -0.117. The predicted octanol–water partition coefficient (Wildman–Crippen LogP) is 4.11. The van der Waals surface area contributed by atoms with Crippen molar-refractivity contribution in [3.05, 3.63) is 53.7 Å². The van der Waals surface area contributed by atoms with Gasteiger partial charge in [-0.2, -0.15) is 4.98 Å². The Morgan fingerprint density at radius 3 is 2.80 bits per heavy atom. The fourth-order valence-corrected chi connectivity index (χ4v) is 3.63. The predicted molar refractivity (Wildman–Crippen MR) is 108 cm³/mol. The van der Waals surface area contributed by atoms with Crippen molar-refractivity contribution in [2.24, 2.45) is 0 Å². The Balaban J connectivity index is 1.55. The number of hydrogen-bond acceptors (Lipinski definition) is 6. The molecule has 2 heterocycles. The number of amides is 1. The van der Waals surface area contributed by atoms with E-state index in [9.17, 15) is 9.18 Å². The van der Waals surface area contributed by atoms with Crippen LogP contribution in [-0.2, 0) is 4.79 Å². The molecule has 1 aliphatic heterocycles. The van der Waals surface area contributed by atoms with Crippen LogP contribution in [0, 0.1) is 12.7 Å². The molecular formula is C22H22FN3O4. The summed E-state index contributed by atoms with van der Waals surface area (Å²) < 4.78 is 29.8. The number of carbonyl (C=O) groups is 1. The van der Waals surface area contributed by atoms with Crippen LogP contribution in [0.1, 0.15) is 30.7 Å². The number of aromatic nitrogens is 2. The van der Waals surface area contributed by atoms with Crippen molar-refractivity contribution in [1.82, 2.24) is 10.1 Å². The van der Waals surface area contributed by atoms with Gasteiger partial charge in [-0.3, -0.25) is 4.79 Å². The summed E-state index contributed by atoms with van der Waals surface area (Å²) in [6.07, 6.45) is 0.255. The molecule has 0 aliphatic carbocycles. The first kappa shape index (κ1) is 19.9. The van der Waals surface area contributed by atoms with Crippen LogP contribution in [0.5, 0.6) is 11.5 Å². The summed E-state index contributed by atoms with van der Waals surface area (Å²) in [6, 6.07) is 9.80. The highest BCUT2D eigenvalue weighted by Gasteiger charge is 2.35. The minimum atomic E-state index is -0.327. The van der Waals surface area contributed by atoms with Gasteiger partial charge < -0.3 is 18.9 Å². The van der Waals surface area contributed by atoms with E-state index < -0.39 is 0 Å². The van der Waals surface area contributed by atoms with Crippen molar-refractivity contribution in [3.63, 3.8) is 0 Å². The van der Waals surface area contributed by atoms with E-state index in [4.69, 9.17) is 14.0 Å². The number of hydrogen-bond donors (Lipinski definition) is 0. The zero-order valence-corrected chi connectivity index (χ0v) is 17.0. The summed E-state index contributed by atoms with van der Waals surface area (Å²) in [6.45, 7) is 4.61. The van der Waals surface area contributed by atoms with Gasteiger partial charge >= 0.3 is 0 Å². The van der Waals surface area contributed by atoms with E-state index in [-0.39, 0.29) is 24.1 Å². The lowest BCUT2D eigenvalue weighted by Gasteiger charge is -2.18. The summed E-state index contributed by atoms with van der Waals surface area (Å²) in [5, 5.41) is 4.07. The Kier molecular flexibility index (Phi) is 5.39. The summed E-state index contributed by atoms with van der Waals surface area (Å²) in [5.41, 5.74) is 2.12. The number of carbonyl (C=O) groups excluding carboxylic acids is 1. The number of methoxy groups -OCH3 is 1. The number of anilines is 1. The van der Waals surface area contributed by atoms with Gasteiger partial charge in [-0.1, -0.05) is 5.16 Å². The van der Waals surface area contributed by atoms with Crippen LogP contribution >= 0.6 is 0 Å². The molecular weight excluding hydrogens is 389 g/mol. The smallest absolute Gasteiger partial charge is 0.232 e. The normalized spacial score (nSPS) is 16.2. The Hall–Kier alpha value is -3.42. The van der Waals surface area contributed by atoms with Crippen molar-refractivity contribution in [2.45, 2.75) is 26.2 Å². The molecule has 1 fully saturated rings. The Bertz CT molecular complexity index is 1080. The summed E-state index contributed by atoms with van der Waals surface area (Å²) in [4.78, 5) is 18.7. The average Bonchev–Trinajstić information content (AvgIpc) is 3.36. The van der Waals surface area contributed by atoms with Gasteiger partial charge in [0.2, 0.25) is 17.6 Å². The number of ether oxygens (including phenoxy) is 2. The third-order valence-electron chi connectivity index (χ3n) is 5.09. The molecule has 0 spiro atoms. The van der Waals surface area contributed by atoms with E-state index in [2.05, 4.69) is 10.1 Å². The van der Waals surface area contributed by atoms with Crippen LogP contribution in [0.4, 0.5) is 10.1 Å². The van der Waals surface area contributed by atoms with Crippen molar-refractivity contribution >= 4 is 11.6 Å². The Morgan fingerprint density at radius 2 is 2.07 bits per heavy atom. The van der Waals surface area contributed by atoms with Gasteiger partial charge in [0.1, 0.15) is 5.82 Å². The molecule has 4 rings (SSSR count). The molecule has 1 amide bonds. The van der Waals surface area contributed by atoms with Gasteiger partial charge in [0, 0.05) is 24.2 Å². The largest absolute Gasteiger partial charge is 0.493 e. The van der Waals surface area contributed by atoms with Crippen molar-refractivity contribution < 1.29 is 23.2 Å². The van der Waals surface area contributed by atoms with E-state index in [0.717, 1.165) is 5.56 Å². The molecule has 1 atom stereocenters. The fourth-order valence-electron chi connectivity index (χ4n) is 3.63. The zero-order chi connectivity index (χ0) is 21.3. The average molecular weight is 411 g/mol. The topological polar surface area (TPSA) is 77.7 Å². The van der Waals surface area contributed by atoms with Crippen LogP contribution < -0.4 is 14.4 Å². The molecule has 2 aromatic carbocycles. The number of benzene rings is 2. The molecule has 156 valence electrons. The van der Waals surface area contributed by atoms with E-state index in [1.54, 1.807) is 37.1 Å². The third kappa shape index (κ3) is 3.72. The molecule has 30 heavy (non-hydrogen) atoms. The molecule has 1 aliphatic rings. The van der Waals surface area contributed by atoms with Crippen LogP contribution in [0.25, 0.3) is 11.4 Å². The summed E-state index contributed by atoms with van der Waals surface area (Å²) in [7, 11) is 1.57. The first-order chi connectivity index (χ1) is 14.5. The highest BCUT2D eigenvalue weighted by atomic mass is 19.1. The molecule has 1 unspecified atom stereocenters. The molecule has 0 bridgehead atoms. The van der Waals surface area contributed by atoms with E-state index in [1.807, 2.05) is 13.0 Å². The van der Waals surface area contributed by atoms with Crippen molar-refractivity contribution in [1.29, 1.82) is 0 Å². The van der Waals surface area contributed by atoms with E-state index >= 15 is 0 Å². The van der Waals surface area contributed by atoms with Crippen molar-refractivity contribution in [3.8, 4) is 22.9 Å². The van der Waals surface area contributed by atoms with Gasteiger partial charge in [0.05, 0.1) is 19.6 Å². The van der Waals surface area contributed by atoms with E-state index in [1.165, 1.54) is 12.1 Å². The lowest BCUT2D eigenvalue weighted by Crippen LogP contribution is -2.25. The van der Waals surface area contributed by atoms with Gasteiger partial charge in [-0.15, -0.1) is 0 Å². The molecule has 0 N–H and O–H groups in total. The molecule has 8 heteroatoms. The molecule has 1 aromatic heterocycles. The molecule has 7 nitrogen and oxygen atoms in total. The maximum atomic E-state index is 13.4. The number of rotatable bonds is 6. The fraction of sp³-hybridized carbons (Fsp3) is 0.318. The van der Waals surface area contributed by atoms with Crippen molar-refractivity contribution in [2.75, 3.05) is 25.2 Å². The summed E-state index contributed by atoms with van der Waals surface area (Å²) >= 11 is 0. The highest BCUT2D eigenvalue weighted by Crippen LogP contribution is 2.35. The van der Waals surface area contributed by atoms with Crippen LogP contribution in [0.15, 0.2) is 40.9 Å². The molecule has 0 radical (unpaired) electrons. The highest BCUT2D eigenvalue weighted by molar-refractivity contribution is 5.97. The Morgan fingerprint density at radius 1 is 1.23 bits per heavy atom. The van der Waals surface area contributed by atoms with Gasteiger partial charge in [-0.05, 0) is 55.8 Å². The minimum absolute atomic E-state index is 0.0582. The third-order valence-corrected chi connectivity index (χ3v) is 5.09. The number of nitrogens with zero attached hydrogens (tertiary/aromatic N) is 3. The van der Waals surface area contributed by atoms with E-state index in [0.29, 0.717) is 47.6 Å². The Labute approximate surface area is 173 Å². The second-order valence-electron chi connectivity index (χ2n) is 7.09. The monoisotopic (exact) mass is 411 g/mol. The maximum Gasteiger partial charge on any atom is 0.232 e. The van der Waals surface area contributed by atoms with Crippen LogP contribution in [0.2, 0.25) is 0 Å². The molecule has 1 saturated heterocycles. The van der Waals surface area contributed by atoms with Gasteiger partial charge in [0.15, 0.2) is 11.5 Å². The first-order valence-electron chi connectivity index (χ1n) is 9.71. The van der Waals surface area contributed by atoms with Crippen LogP contribution in [-0.4, -0.2) is 36.3 Å². The second kappa shape index (κ2) is 8.14. The quantitative estimate of drug-likeness (QED) is 0.607. The number of halogens is 1. The second-order valence-corrected chi connectivity index (χ2v) is 7.09. The molecule has 3 aromatic rings. The van der Waals surface area contributed by atoms with Gasteiger partial charge in [-0.25, -0.2) is 4.39 Å². The lowest BCUT2D eigenvalue weighted by atomic mass is 10.1. The van der Waals surface area contributed by atoms with Crippen LogP contribution in [0.3, 0.4) is 0 Å². The summed E-state index contributed by atoms with van der Waals surface area (Å²) in [5.74, 6) is 1.41. The first-order valence-corrected chi connectivity index (χ1v) is 9.71. The zero-order valence-electron chi connectivity index (χ0n) is 17.0. The maximum absolute atomic E-state index is 13.4. The minimum Gasteiger partial charge on any atom is -0.493 e. The molecule has 0 saturated carbocycles. The van der Waals surface area contributed by atoms with Gasteiger partial charge in [0.25, 0.3) is 0 Å². The standard InChI is InChI=1S/C22H22FN3O4/c1-4-29-18-8-5-14(10-19(18)28-3)21-24-22(30-25-21)15-11-20(27)26(12-15)17-7-6-16(23)9-13(17)2/h5-10,15H,4,11-12H2,1-3H3.